The summed E-state index contributed by atoms with van der Waals surface area (Å²) >= 11 is 0. The molecule has 0 aromatic heterocycles. The largest absolute Gasteiger partial charge is 0.372 e. The fraction of sp³-hybridized carbons (Fsp3) is 1.00. The van der Waals surface area contributed by atoms with E-state index in [9.17, 15) is 0 Å². The van der Waals surface area contributed by atoms with Crippen LogP contribution in [0.15, 0.2) is 0 Å². The van der Waals surface area contributed by atoms with Crippen LogP contribution in [-0.2, 0) is 4.74 Å². The van der Waals surface area contributed by atoms with Crippen molar-refractivity contribution in [1.29, 1.82) is 0 Å². The van der Waals surface area contributed by atoms with Gasteiger partial charge >= 0.3 is 0 Å². The minimum Gasteiger partial charge on any atom is -0.372 e. The topological polar surface area (TPSA) is 9.23 Å². The molecular formula is C13H30NO+. The molecule has 0 heterocycles. The average molecular weight is 216 g/mol. The van der Waals surface area contributed by atoms with Crippen LogP contribution in [0.4, 0.5) is 0 Å². The number of ether oxygens (including phenoxy) is 1. The van der Waals surface area contributed by atoms with E-state index in [0.29, 0.717) is 12.0 Å². The monoisotopic (exact) mass is 216 g/mol. The minimum atomic E-state index is 0.455. The van der Waals surface area contributed by atoms with E-state index in [2.05, 4.69) is 41.9 Å². The summed E-state index contributed by atoms with van der Waals surface area (Å²) in [6.07, 6.45) is 4.22. The van der Waals surface area contributed by atoms with Gasteiger partial charge in [-0.05, 0) is 12.3 Å². The van der Waals surface area contributed by atoms with Crippen molar-refractivity contribution >= 4 is 0 Å². The van der Waals surface area contributed by atoms with Crippen LogP contribution < -0.4 is 0 Å². The molecule has 0 rings (SSSR count). The second-order valence-corrected chi connectivity index (χ2v) is 5.81. The lowest BCUT2D eigenvalue weighted by molar-refractivity contribution is -0.870. The number of hydrogen-bond donors (Lipinski definition) is 0. The molecular weight excluding hydrogens is 186 g/mol. The van der Waals surface area contributed by atoms with Gasteiger partial charge < -0.3 is 9.22 Å². The smallest absolute Gasteiger partial charge is 0.102 e. The number of hydrogen-bond acceptors (Lipinski definition) is 1. The number of unbranched alkanes of at least 4 members (excludes halogenated alkanes) is 1. The Labute approximate surface area is 96.2 Å². The molecule has 2 heteroatoms. The van der Waals surface area contributed by atoms with Crippen molar-refractivity contribution in [2.45, 2.75) is 46.1 Å². The van der Waals surface area contributed by atoms with Gasteiger partial charge in [-0.2, -0.15) is 0 Å². The van der Waals surface area contributed by atoms with Crippen molar-refractivity contribution in [1.82, 2.24) is 0 Å². The van der Waals surface area contributed by atoms with Gasteiger partial charge in [0, 0.05) is 0 Å². The zero-order valence-electron chi connectivity index (χ0n) is 11.5. The van der Waals surface area contributed by atoms with Gasteiger partial charge in [0.1, 0.15) is 6.54 Å². The number of rotatable bonds is 8. The average Bonchev–Trinajstić information content (AvgIpc) is 2.08. The molecule has 1 atom stereocenters. The highest BCUT2D eigenvalue weighted by molar-refractivity contribution is 4.62. The van der Waals surface area contributed by atoms with Crippen LogP contribution in [0.3, 0.4) is 0 Å². The summed E-state index contributed by atoms with van der Waals surface area (Å²) in [6, 6.07) is 0. The van der Waals surface area contributed by atoms with E-state index in [4.69, 9.17) is 4.74 Å². The van der Waals surface area contributed by atoms with Crippen LogP contribution in [-0.4, -0.2) is 44.9 Å². The quantitative estimate of drug-likeness (QED) is 0.567. The third-order valence-electron chi connectivity index (χ3n) is 2.68. The SMILES string of the molecule is CCCCC(OCC[N+](C)(C)C)C(C)C. The first-order valence-corrected chi connectivity index (χ1v) is 6.29. The van der Waals surface area contributed by atoms with Gasteiger partial charge in [0.05, 0.1) is 33.9 Å². The summed E-state index contributed by atoms with van der Waals surface area (Å²) in [5, 5.41) is 0. The number of likely N-dealkylation sites (N-methyl/N-ethyl adjacent to an activating group) is 1. The molecule has 0 aliphatic heterocycles. The number of quaternary nitrogens is 1. The molecule has 0 aliphatic carbocycles. The Morgan fingerprint density at radius 3 is 2.13 bits per heavy atom. The van der Waals surface area contributed by atoms with Gasteiger partial charge in [0.25, 0.3) is 0 Å². The Morgan fingerprint density at radius 1 is 1.13 bits per heavy atom. The summed E-state index contributed by atoms with van der Waals surface area (Å²) in [7, 11) is 6.62. The highest BCUT2D eigenvalue weighted by Gasteiger charge is 2.15. The molecule has 0 aromatic carbocycles. The third kappa shape index (κ3) is 8.88. The molecule has 2 nitrogen and oxygen atoms in total. The van der Waals surface area contributed by atoms with E-state index in [1.807, 2.05) is 0 Å². The molecule has 0 fully saturated rings. The van der Waals surface area contributed by atoms with Gasteiger partial charge in [-0.15, -0.1) is 0 Å². The van der Waals surface area contributed by atoms with Crippen molar-refractivity contribution in [3.63, 3.8) is 0 Å². The first kappa shape index (κ1) is 14.9. The number of nitrogens with zero attached hydrogens (tertiary/aromatic N) is 1. The predicted molar refractivity (Wildman–Crippen MR) is 67.0 cm³/mol. The minimum absolute atomic E-state index is 0.455. The van der Waals surface area contributed by atoms with Gasteiger partial charge in [0.15, 0.2) is 0 Å². The molecule has 0 saturated carbocycles. The van der Waals surface area contributed by atoms with Crippen LogP contribution in [0.2, 0.25) is 0 Å². The second-order valence-electron chi connectivity index (χ2n) is 5.81. The van der Waals surface area contributed by atoms with Crippen molar-refractivity contribution in [3.8, 4) is 0 Å². The molecule has 0 amide bonds. The van der Waals surface area contributed by atoms with Crippen molar-refractivity contribution in [2.24, 2.45) is 5.92 Å². The summed E-state index contributed by atoms with van der Waals surface area (Å²) in [5.41, 5.74) is 0. The summed E-state index contributed by atoms with van der Waals surface area (Å²) in [4.78, 5) is 0. The van der Waals surface area contributed by atoms with Crippen LogP contribution in [0, 0.1) is 5.92 Å². The molecule has 1 unspecified atom stereocenters. The normalized spacial score (nSPS) is 14.6. The van der Waals surface area contributed by atoms with E-state index < -0.39 is 0 Å². The lowest BCUT2D eigenvalue weighted by Crippen LogP contribution is -2.38. The van der Waals surface area contributed by atoms with Gasteiger partial charge in [0.2, 0.25) is 0 Å². The Balaban J connectivity index is 3.76. The summed E-state index contributed by atoms with van der Waals surface area (Å²) in [5.74, 6) is 0.643. The Kier molecular flexibility index (Phi) is 7.20. The molecule has 0 saturated heterocycles. The lowest BCUT2D eigenvalue weighted by Gasteiger charge is -2.26. The van der Waals surface area contributed by atoms with Crippen molar-refractivity contribution < 1.29 is 9.22 Å². The van der Waals surface area contributed by atoms with Crippen LogP contribution >= 0.6 is 0 Å². The van der Waals surface area contributed by atoms with Crippen molar-refractivity contribution in [2.75, 3.05) is 34.3 Å². The lowest BCUT2D eigenvalue weighted by atomic mass is 10.0. The molecule has 0 aliphatic rings. The molecule has 0 radical (unpaired) electrons. The zero-order valence-corrected chi connectivity index (χ0v) is 11.5. The van der Waals surface area contributed by atoms with E-state index >= 15 is 0 Å². The first-order valence-electron chi connectivity index (χ1n) is 6.29. The summed E-state index contributed by atoms with van der Waals surface area (Å²) < 4.78 is 6.95. The Hall–Kier alpha value is -0.0800. The molecule has 0 N–H and O–H groups in total. The Morgan fingerprint density at radius 2 is 1.73 bits per heavy atom. The van der Waals surface area contributed by atoms with Gasteiger partial charge in [-0.3, -0.25) is 0 Å². The van der Waals surface area contributed by atoms with Crippen LogP contribution in [0.1, 0.15) is 40.0 Å². The highest BCUT2D eigenvalue weighted by Crippen LogP contribution is 2.14. The van der Waals surface area contributed by atoms with Crippen LogP contribution in [0.5, 0.6) is 0 Å². The molecule has 92 valence electrons. The van der Waals surface area contributed by atoms with E-state index in [1.54, 1.807) is 0 Å². The Bertz CT molecular complexity index is 149. The maximum atomic E-state index is 5.97. The fourth-order valence-corrected chi connectivity index (χ4v) is 1.49. The summed E-state index contributed by atoms with van der Waals surface area (Å²) in [6.45, 7) is 8.73. The maximum absolute atomic E-state index is 5.97. The van der Waals surface area contributed by atoms with E-state index in [-0.39, 0.29) is 0 Å². The maximum Gasteiger partial charge on any atom is 0.102 e. The van der Waals surface area contributed by atoms with Crippen molar-refractivity contribution in [3.05, 3.63) is 0 Å². The first-order chi connectivity index (χ1) is 6.87. The second kappa shape index (κ2) is 7.24. The van der Waals surface area contributed by atoms with Crippen LogP contribution in [0.25, 0.3) is 0 Å². The fourth-order valence-electron chi connectivity index (χ4n) is 1.49. The predicted octanol–water partition coefficient (Wildman–Crippen LogP) is 2.92. The third-order valence-corrected chi connectivity index (χ3v) is 2.68. The molecule has 0 bridgehead atoms. The molecule has 0 spiro atoms. The molecule has 15 heavy (non-hydrogen) atoms. The van der Waals surface area contributed by atoms with Gasteiger partial charge in [-0.25, -0.2) is 0 Å². The van der Waals surface area contributed by atoms with Gasteiger partial charge in [-0.1, -0.05) is 33.6 Å². The highest BCUT2D eigenvalue weighted by atomic mass is 16.5. The zero-order chi connectivity index (χ0) is 11.9. The standard InChI is InChI=1S/C13H30NO/c1-7-8-9-13(12(2)3)15-11-10-14(4,5)6/h12-13H,7-11H2,1-6H3/q+1. The van der Waals surface area contributed by atoms with E-state index in [0.717, 1.165) is 17.6 Å². The molecule has 0 aromatic rings. The van der Waals surface area contributed by atoms with E-state index in [1.165, 1.54) is 19.3 Å².